The molecule has 1 atom stereocenters. The van der Waals surface area contributed by atoms with E-state index in [0.717, 1.165) is 38.0 Å². The van der Waals surface area contributed by atoms with Gasteiger partial charge in [0.1, 0.15) is 6.04 Å². The highest BCUT2D eigenvalue weighted by atomic mass is 35.5. The van der Waals surface area contributed by atoms with Crippen molar-refractivity contribution in [2.24, 2.45) is 0 Å². The van der Waals surface area contributed by atoms with Crippen LogP contribution >= 0.6 is 11.6 Å². The minimum atomic E-state index is -0.188. The molecular weight excluding hydrogens is 310 g/mol. The predicted octanol–water partition coefficient (Wildman–Crippen LogP) is 3.38. The number of pyridine rings is 1. The van der Waals surface area contributed by atoms with E-state index in [1.807, 2.05) is 11.0 Å². The molecule has 0 spiro atoms. The molecule has 1 fully saturated rings. The maximum atomic E-state index is 12.5. The van der Waals surface area contributed by atoms with Crippen LogP contribution in [0, 0.1) is 0 Å². The molecular formula is C18H20ClN3O. The normalized spacial score (nSPS) is 17.5. The Labute approximate surface area is 141 Å². The number of carbonyl (C=O) groups excluding carboxylic acids is 1. The Morgan fingerprint density at radius 3 is 2.87 bits per heavy atom. The second-order valence-electron chi connectivity index (χ2n) is 5.76. The third kappa shape index (κ3) is 4.02. The molecule has 1 aliphatic heterocycles. The summed E-state index contributed by atoms with van der Waals surface area (Å²) in [6.07, 6.45) is 6.05. The quantitative estimate of drug-likeness (QED) is 0.883. The zero-order valence-electron chi connectivity index (χ0n) is 12.9. The summed E-state index contributed by atoms with van der Waals surface area (Å²) in [4.78, 5) is 18.4. The van der Waals surface area contributed by atoms with E-state index in [1.54, 1.807) is 18.5 Å². The zero-order valence-corrected chi connectivity index (χ0v) is 13.7. The lowest BCUT2D eigenvalue weighted by atomic mass is 10.1. The van der Waals surface area contributed by atoms with Gasteiger partial charge in [0, 0.05) is 25.5 Å². The number of nitrogens with one attached hydrogen (secondary N) is 1. The lowest BCUT2D eigenvalue weighted by molar-refractivity contribution is -0.128. The molecule has 1 aliphatic rings. The van der Waals surface area contributed by atoms with Crippen molar-refractivity contribution >= 4 is 23.2 Å². The molecule has 1 aromatic carbocycles. The fourth-order valence-electron chi connectivity index (χ4n) is 2.89. The Hall–Kier alpha value is -2.07. The third-order valence-corrected chi connectivity index (χ3v) is 4.44. The fraction of sp³-hybridized carbons (Fsp3) is 0.333. The highest BCUT2D eigenvalue weighted by molar-refractivity contribution is 6.33. The number of hydrogen-bond acceptors (Lipinski definition) is 3. The van der Waals surface area contributed by atoms with Crippen molar-refractivity contribution in [2.45, 2.75) is 25.3 Å². The number of aromatic nitrogens is 1. The molecule has 1 N–H and O–H groups in total. The van der Waals surface area contributed by atoms with Crippen LogP contribution in [0.5, 0.6) is 0 Å². The van der Waals surface area contributed by atoms with Gasteiger partial charge in [0.15, 0.2) is 0 Å². The van der Waals surface area contributed by atoms with Gasteiger partial charge in [0.05, 0.1) is 10.7 Å². The first-order valence-corrected chi connectivity index (χ1v) is 8.30. The molecule has 3 rings (SSSR count). The highest BCUT2D eigenvalue weighted by Gasteiger charge is 2.31. The average Bonchev–Trinajstić information content (AvgIpc) is 2.91. The van der Waals surface area contributed by atoms with Gasteiger partial charge in [-0.15, -0.1) is 0 Å². The van der Waals surface area contributed by atoms with Crippen LogP contribution in [0.4, 0.5) is 5.69 Å². The van der Waals surface area contributed by atoms with Crippen LogP contribution in [0.25, 0.3) is 0 Å². The monoisotopic (exact) mass is 329 g/mol. The first-order valence-electron chi connectivity index (χ1n) is 7.93. The van der Waals surface area contributed by atoms with Crippen LogP contribution in [0.15, 0.2) is 48.8 Å². The molecule has 120 valence electrons. The Bertz CT molecular complexity index is 662. The van der Waals surface area contributed by atoms with Crippen LogP contribution in [0.3, 0.4) is 0 Å². The van der Waals surface area contributed by atoms with Crippen molar-refractivity contribution in [1.29, 1.82) is 0 Å². The smallest absolute Gasteiger partial charge is 0.245 e. The van der Waals surface area contributed by atoms with Crippen molar-refractivity contribution in [3.05, 3.63) is 59.4 Å². The third-order valence-electron chi connectivity index (χ3n) is 4.14. The van der Waals surface area contributed by atoms with Gasteiger partial charge in [-0.25, -0.2) is 0 Å². The van der Waals surface area contributed by atoms with Crippen molar-refractivity contribution in [3.8, 4) is 0 Å². The van der Waals surface area contributed by atoms with Gasteiger partial charge >= 0.3 is 0 Å². The molecule has 1 amide bonds. The first kappa shape index (κ1) is 15.8. The van der Waals surface area contributed by atoms with E-state index in [1.165, 1.54) is 5.56 Å². The van der Waals surface area contributed by atoms with Gasteiger partial charge in [-0.1, -0.05) is 41.9 Å². The summed E-state index contributed by atoms with van der Waals surface area (Å²) < 4.78 is 0. The summed E-state index contributed by atoms with van der Waals surface area (Å²) in [5.74, 6) is 0.158. The Kier molecular flexibility index (Phi) is 5.13. The van der Waals surface area contributed by atoms with Crippen LogP contribution in [0.2, 0.25) is 5.02 Å². The minimum absolute atomic E-state index is 0.158. The van der Waals surface area contributed by atoms with E-state index < -0.39 is 0 Å². The summed E-state index contributed by atoms with van der Waals surface area (Å²) in [5.41, 5.74) is 2.09. The van der Waals surface area contributed by atoms with Gasteiger partial charge < -0.3 is 10.2 Å². The number of aryl methyl sites for hydroxylation is 1. The Morgan fingerprint density at radius 1 is 1.26 bits per heavy atom. The van der Waals surface area contributed by atoms with Crippen LogP contribution in [-0.4, -0.2) is 34.9 Å². The predicted molar refractivity (Wildman–Crippen MR) is 92.6 cm³/mol. The van der Waals surface area contributed by atoms with E-state index in [0.29, 0.717) is 5.02 Å². The second kappa shape index (κ2) is 7.47. The molecule has 1 saturated heterocycles. The molecule has 5 heteroatoms. The van der Waals surface area contributed by atoms with Crippen LogP contribution < -0.4 is 5.32 Å². The number of nitrogens with zero attached hydrogens (tertiary/aromatic N) is 2. The van der Waals surface area contributed by atoms with E-state index in [-0.39, 0.29) is 11.9 Å². The summed E-state index contributed by atoms with van der Waals surface area (Å²) in [6.45, 7) is 1.60. The van der Waals surface area contributed by atoms with Crippen LogP contribution in [0.1, 0.15) is 18.4 Å². The van der Waals surface area contributed by atoms with Crippen LogP contribution in [-0.2, 0) is 11.2 Å². The Balaban J connectivity index is 1.50. The number of carbonyl (C=O) groups is 1. The molecule has 0 aliphatic carbocycles. The number of amides is 1. The molecule has 1 aromatic heterocycles. The van der Waals surface area contributed by atoms with Gasteiger partial charge in [0.25, 0.3) is 0 Å². The molecule has 0 saturated carbocycles. The van der Waals surface area contributed by atoms with E-state index >= 15 is 0 Å². The second-order valence-corrected chi connectivity index (χ2v) is 6.16. The fourth-order valence-corrected chi connectivity index (χ4v) is 3.07. The number of likely N-dealkylation sites (tertiary alicyclic amines) is 1. The van der Waals surface area contributed by atoms with Gasteiger partial charge in [-0.2, -0.15) is 0 Å². The van der Waals surface area contributed by atoms with Gasteiger partial charge in [-0.05, 0) is 30.9 Å². The average molecular weight is 330 g/mol. The lowest BCUT2D eigenvalue weighted by Crippen LogP contribution is -2.34. The number of rotatable bonds is 6. The first-order chi connectivity index (χ1) is 11.2. The van der Waals surface area contributed by atoms with E-state index in [4.69, 9.17) is 11.6 Å². The summed E-state index contributed by atoms with van der Waals surface area (Å²) >= 11 is 6.09. The number of benzene rings is 1. The van der Waals surface area contributed by atoms with Crippen molar-refractivity contribution in [3.63, 3.8) is 0 Å². The standard InChI is InChI=1S/C18H20ClN3O/c19-15-13-20-10-8-16(15)21-17-9-12-22(18(17)23)11-4-7-14-5-2-1-3-6-14/h1-3,5-6,8,10,13,17H,4,7,9,11-12H2,(H,20,21). The van der Waals surface area contributed by atoms with E-state index in [2.05, 4.69) is 34.6 Å². The minimum Gasteiger partial charge on any atom is -0.372 e. The zero-order chi connectivity index (χ0) is 16.1. The summed E-state index contributed by atoms with van der Waals surface area (Å²) in [5, 5.41) is 3.78. The topological polar surface area (TPSA) is 45.2 Å². The molecule has 0 bridgehead atoms. The van der Waals surface area contributed by atoms with Crippen molar-refractivity contribution in [2.75, 3.05) is 18.4 Å². The van der Waals surface area contributed by atoms with Crippen molar-refractivity contribution < 1.29 is 4.79 Å². The van der Waals surface area contributed by atoms with Crippen molar-refractivity contribution in [1.82, 2.24) is 9.88 Å². The summed E-state index contributed by atoms with van der Waals surface area (Å²) in [6, 6.07) is 12.0. The number of hydrogen-bond donors (Lipinski definition) is 1. The largest absolute Gasteiger partial charge is 0.372 e. The molecule has 2 heterocycles. The SMILES string of the molecule is O=C1C(Nc2ccncc2Cl)CCN1CCCc1ccccc1. The van der Waals surface area contributed by atoms with E-state index in [9.17, 15) is 4.79 Å². The molecule has 23 heavy (non-hydrogen) atoms. The summed E-state index contributed by atoms with van der Waals surface area (Å²) in [7, 11) is 0. The maximum Gasteiger partial charge on any atom is 0.245 e. The molecule has 2 aromatic rings. The number of halogens is 1. The Morgan fingerprint density at radius 2 is 2.09 bits per heavy atom. The molecule has 4 nitrogen and oxygen atoms in total. The number of anilines is 1. The highest BCUT2D eigenvalue weighted by Crippen LogP contribution is 2.23. The van der Waals surface area contributed by atoms with Gasteiger partial charge in [0.2, 0.25) is 5.91 Å². The maximum absolute atomic E-state index is 12.5. The molecule has 1 unspecified atom stereocenters. The lowest BCUT2D eigenvalue weighted by Gasteiger charge is -2.18. The van der Waals surface area contributed by atoms with Gasteiger partial charge in [-0.3, -0.25) is 9.78 Å². The molecule has 0 radical (unpaired) electrons.